The standard InChI is InChI=1S/C15H14N2O2/c1-17-13-6-5-11(8-14(13)19-9-15(17)18)10-3-2-4-12(16)7-10/h2-8H,9,16H2,1H3. The van der Waals surface area contributed by atoms with Crippen LogP contribution in [0.3, 0.4) is 0 Å². The van der Waals surface area contributed by atoms with Gasteiger partial charge in [0, 0.05) is 12.7 Å². The van der Waals surface area contributed by atoms with E-state index >= 15 is 0 Å². The minimum atomic E-state index is -0.0378. The lowest BCUT2D eigenvalue weighted by Gasteiger charge is -2.26. The van der Waals surface area contributed by atoms with Gasteiger partial charge in [0.05, 0.1) is 5.69 Å². The van der Waals surface area contributed by atoms with Gasteiger partial charge in [-0.25, -0.2) is 0 Å². The lowest BCUT2D eigenvalue weighted by Crippen LogP contribution is -2.35. The number of hydrogen-bond acceptors (Lipinski definition) is 3. The summed E-state index contributed by atoms with van der Waals surface area (Å²) in [5.74, 6) is 0.686. The average Bonchev–Trinajstić information content (AvgIpc) is 2.43. The SMILES string of the molecule is CN1C(=O)COc2cc(-c3cccc(N)c3)ccc21. The van der Waals surface area contributed by atoms with Crippen LogP contribution >= 0.6 is 0 Å². The van der Waals surface area contributed by atoms with E-state index in [2.05, 4.69) is 0 Å². The highest BCUT2D eigenvalue weighted by atomic mass is 16.5. The summed E-state index contributed by atoms with van der Waals surface area (Å²) >= 11 is 0. The van der Waals surface area contributed by atoms with Crippen LogP contribution in [0.15, 0.2) is 42.5 Å². The van der Waals surface area contributed by atoms with Crippen molar-refractivity contribution in [3.8, 4) is 16.9 Å². The Hall–Kier alpha value is -2.49. The van der Waals surface area contributed by atoms with Crippen molar-refractivity contribution in [2.75, 3.05) is 24.3 Å². The fraction of sp³-hybridized carbons (Fsp3) is 0.133. The molecule has 0 bridgehead atoms. The van der Waals surface area contributed by atoms with Crippen molar-refractivity contribution in [2.45, 2.75) is 0 Å². The molecule has 0 saturated carbocycles. The molecular formula is C15H14N2O2. The molecule has 2 aromatic rings. The summed E-state index contributed by atoms with van der Waals surface area (Å²) in [6.45, 7) is 0.0872. The summed E-state index contributed by atoms with van der Waals surface area (Å²) in [6.07, 6.45) is 0. The molecular weight excluding hydrogens is 240 g/mol. The number of carbonyl (C=O) groups excluding carboxylic acids is 1. The van der Waals surface area contributed by atoms with Gasteiger partial charge in [-0.1, -0.05) is 18.2 Å². The predicted molar refractivity (Wildman–Crippen MR) is 75.2 cm³/mol. The first-order valence-corrected chi connectivity index (χ1v) is 6.04. The van der Waals surface area contributed by atoms with Gasteiger partial charge in [-0.15, -0.1) is 0 Å². The molecule has 0 aliphatic carbocycles. The van der Waals surface area contributed by atoms with E-state index in [4.69, 9.17) is 10.5 Å². The Morgan fingerprint density at radius 3 is 2.74 bits per heavy atom. The van der Waals surface area contributed by atoms with Crippen molar-refractivity contribution in [3.05, 3.63) is 42.5 Å². The topological polar surface area (TPSA) is 55.6 Å². The van der Waals surface area contributed by atoms with Crippen LogP contribution in [0.2, 0.25) is 0 Å². The average molecular weight is 254 g/mol. The van der Waals surface area contributed by atoms with Gasteiger partial charge in [0.1, 0.15) is 5.75 Å². The maximum absolute atomic E-state index is 11.5. The first kappa shape index (κ1) is 11.6. The molecule has 1 heterocycles. The van der Waals surface area contributed by atoms with Gasteiger partial charge in [0.25, 0.3) is 5.91 Å². The van der Waals surface area contributed by atoms with Crippen LogP contribution in [-0.4, -0.2) is 19.6 Å². The Bertz CT molecular complexity index is 652. The normalized spacial score (nSPS) is 13.9. The molecule has 1 aliphatic rings. The molecule has 0 unspecified atom stereocenters. The number of amides is 1. The minimum absolute atomic E-state index is 0.0378. The molecule has 19 heavy (non-hydrogen) atoms. The Balaban J connectivity index is 2.05. The molecule has 0 saturated heterocycles. The molecule has 2 aromatic carbocycles. The molecule has 3 rings (SSSR count). The van der Waals surface area contributed by atoms with Gasteiger partial charge >= 0.3 is 0 Å². The van der Waals surface area contributed by atoms with E-state index in [1.54, 1.807) is 11.9 Å². The number of hydrogen-bond donors (Lipinski definition) is 1. The van der Waals surface area contributed by atoms with Crippen LogP contribution in [0.25, 0.3) is 11.1 Å². The lowest BCUT2D eigenvalue weighted by molar-refractivity contribution is -0.120. The second-order valence-corrected chi connectivity index (χ2v) is 4.55. The Morgan fingerprint density at radius 2 is 1.95 bits per heavy atom. The Morgan fingerprint density at radius 1 is 1.16 bits per heavy atom. The zero-order chi connectivity index (χ0) is 13.4. The lowest BCUT2D eigenvalue weighted by atomic mass is 10.0. The predicted octanol–water partition coefficient (Wildman–Crippen LogP) is 2.29. The van der Waals surface area contributed by atoms with Crippen LogP contribution < -0.4 is 15.4 Å². The zero-order valence-electron chi connectivity index (χ0n) is 10.6. The number of rotatable bonds is 1. The molecule has 0 spiro atoms. The monoisotopic (exact) mass is 254 g/mol. The van der Waals surface area contributed by atoms with Crippen LogP contribution in [0.4, 0.5) is 11.4 Å². The minimum Gasteiger partial charge on any atom is -0.482 e. The van der Waals surface area contributed by atoms with E-state index in [-0.39, 0.29) is 12.5 Å². The first-order chi connectivity index (χ1) is 9.15. The number of benzene rings is 2. The summed E-state index contributed by atoms with van der Waals surface area (Å²) in [5.41, 5.74) is 9.37. The smallest absolute Gasteiger partial charge is 0.264 e. The summed E-state index contributed by atoms with van der Waals surface area (Å²) in [6, 6.07) is 13.5. The number of anilines is 2. The third-order valence-electron chi connectivity index (χ3n) is 3.27. The Labute approximate surface area is 111 Å². The number of carbonyl (C=O) groups is 1. The fourth-order valence-corrected chi connectivity index (χ4v) is 2.18. The van der Waals surface area contributed by atoms with E-state index in [1.165, 1.54) is 0 Å². The molecule has 2 N–H and O–H groups in total. The molecule has 4 heteroatoms. The summed E-state index contributed by atoms with van der Waals surface area (Å²) < 4.78 is 5.48. The molecule has 0 radical (unpaired) electrons. The number of ether oxygens (including phenoxy) is 1. The van der Waals surface area contributed by atoms with Crippen LogP contribution in [0.5, 0.6) is 5.75 Å². The molecule has 0 atom stereocenters. The summed E-state index contributed by atoms with van der Waals surface area (Å²) in [4.78, 5) is 13.2. The van der Waals surface area contributed by atoms with Crippen molar-refractivity contribution in [3.63, 3.8) is 0 Å². The highest BCUT2D eigenvalue weighted by molar-refractivity contribution is 5.97. The molecule has 0 fully saturated rings. The van der Waals surface area contributed by atoms with E-state index in [1.807, 2.05) is 42.5 Å². The molecule has 4 nitrogen and oxygen atoms in total. The maximum Gasteiger partial charge on any atom is 0.264 e. The number of nitrogens with two attached hydrogens (primary N) is 1. The quantitative estimate of drug-likeness (QED) is 0.794. The van der Waals surface area contributed by atoms with Crippen molar-refractivity contribution in [2.24, 2.45) is 0 Å². The number of nitrogens with zero attached hydrogens (tertiary/aromatic N) is 1. The van der Waals surface area contributed by atoms with Gasteiger partial charge in [-0.3, -0.25) is 4.79 Å². The molecule has 1 amide bonds. The van der Waals surface area contributed by atoms with Crippen LogP contribution in [-0.2, 0) is 4.79 Å². The third-order valence-corrected chi connectivity index (χ3v) is 3.27. The van der Waals surface area contributed by atoms with Crippen molar-refractivity contribution in [1.29, 1.82) is 0 Å². The number of fused-ring (bicyclic) bond motifs is 1. The van der Waals surface area contributed by atoms with Gasteiger partial charge in [-0.05, 0) is 35.4 Å². The first-order valence-electron chi connectivity index (χ1n) is 6.04. The van der Waals surface area contributed by atoms with Gasteiger partial charge < -0.3 is 15.4 Å². The maximum atomic E-state index is 11.5. The molecule has 0 aromatic heterocycles. The van der Waals surface area contributed by atoms with Crippen LogP contribution in [0, 0.1) is 0 Å². The highest BCUT2D eigenvalue weighted by Gasteiger charge is 2.22. The van der Waals surface area contributed by atoms with Crippen molar-refractivity contribution in [1.82, 2.24) is 0 Å². The van der Waals surface area contributed by atoms with E-state index in [0.717, 1.165) is 28.3 Å². The largest absolute Gasteiger partial charge is 0.482 e. The fourth-order valence-electron chi connectivity index (χ4n) is 2.18. The summed E-state index contributed by atoms with van der Waals surface area (Å²) in [5, 5.41) is 0. The number of nitrogen functional groups attached to an aromatic ring is 1. The second-order valence-electron chi connectivity index (χ2n) is 4.55. The van der Waals surface area contributed by atoms with E-state index in [0.29, 0.717) is 0 Å². The van der Waals surface area contributed by atoms with Gasteiger partial charge in [-0.2, -0.15) is 0 Å². The zero-order valence-corrected chi connectivity index (χ0v) is 10.6. The van der Waals surface area contributed by atoms with Crippen LogP contribution in [0.1, 0.15) is 0 Å². The van der Waals surface area contributed by atoms with Crippen molar-refractivity contribution >= 4 is 17.3 Å². The summed E-state index contributed by atoms with van der Waals surface area (Å²) in [7, 11) is 1.75. The van der Waals surface area contributed by atoms with Gasteiger partial charge in [0.15, 0.2) is 6.61 Å². The Kier molecular flexibility index (Phi) is 2.63. The molecule has 1 aliphatic heterocycles. The highest BCUT2D eigenvalue weighted by Crippen LogP contribution is 2.35. The second kappa shape index (κ2) is 4.31. The molecule has 96 valence electrons. The van der Waals surface area contributed by atoms with E-state index < -0.39 is 0 Å². The van der Waals surface area contributed by atoms with Crippen molar-refractivity contribution < 1.29 is 9.53 Å². The third kappa shape index (κ3) is 2.01. The van der Waals surface area contributed by atoms with Gasteiger partial charge in [0.2, 0.25) is 0 Å². The van der Waals surface area contributed by atoms with E-state index in [9.17, 15) is 4.79 Å². The number of likely N-dealkylation sites (N-methyl/N-ethyl adjacent to an activating group) is 1.